The zero-order chi connectivity index (χ0) is 24.9. The van der Waals surface area contributed by atoms with Crippen molar-refractivity contribution in [2.24, 2.45) is 0 Å². The number of aromatic nitrogens is 1. The van der Waals surface area contributed by atoms with Gasteiger partial charge in [-0.2, -0.15) is 0 Å². The zero-order valence-electron chi connectivity index (χ0n) is 19.7. The molecule has 1 unspecified atom stereocenters. The fourth-order valence-corrected chi connectivity index (χ4v) is 4.46. The van der Waals surface area contributed by atoms with Crippen LogP contribution in [0.1, 0.15) is 39.6 Å². The Morgan fingerprint density at radius 3 is 2.54 bits per heavy atom. The van der Waals surface area contributed by atoms with Crippen LogP contribution in [0.5, 0.6) is 0 Å². The summed E-state index contributed by atoms with van der Waals surface area (Å²) in [5, 5.41) is 2.96. The van der Waals surface area contributed by atoms with E-state index in [1.807, 2.05) is 37.3 Å². The maximum absolute atomic E-state index is 13.5. The number of aryl methyl sites for hydroxylation is 1. The SMILES string of the molecule is COC(C(=O)NCc1c(C)ncc2c1CCN(C(=O)Cc1cc(F)cc(F)c1)C2)c1ccccc1. The van der Waals surface area contributed by atoms with Gasteiger partial charge in [0.2, 0.25) is 5.91 Å². The number of hydrogen-bond donors (Lipinski definition) is 1. The summed E-state index contributed by atoms with van der Waals surface area (Å²) in [5.41, 5.74) is 4.77. The van der Waals surface area contributed by atoms with Crippen molar-refractivity contribution in [1.82, 2.24) is 15.2 Å². The number of carbonyl (C=O) groups is 2. The van der Waals surface area contributed by atoms with Crippen molar-refractivity contribution in [2.75, 3.05) is 13.7 Å². The highest BCUT2D eigenvalue weighted by Gasteiger charge is 2.25. The predicted molar refractivity (Wildman–Crippen MR) is 126 cm³/mol. The molecule has 0 bridgehead atoms. The van der Waals surface area contributed by atoms with E-state index in [9.17, 15) is 18.4 Å². The summed E-state index contributed by atoms with van der Waals surface area (Å²) in [5.74, 6) is -1.86. The number of nitrogens with one attached hydrogen (secondary N) is 1. The average molecular weight is 480 g/mol. The predicted octanol–water partition coefficient (Wildman–Crippen LogP) is 3.80. The minimum absolute atomic E-state index is 0.0793. The van der Waals surface area contributed by atoms with E-state index < -0.39 is 17.7 Å². The molecule has 1 aliphatic heterocycles. The Bertz CT molecular complexity index is 1210. The molecular formula is C27H27F2N3O3. The summed E-state index contributed by atoms with van der Waals surface area (Å²) in [6.45, 7) is 3.01. The Kier molecular flexibility index (Phi) is 7.51. The molecule has 1 N–H and O–H groups in total. The number of amides is 2. The molecule has 182 valence electrons. The molecule has 3 aromatic rings. The lowest BCUT2D eigenvalue weighted by atomic mass is 9.94. The second kappa shape index (κ2) is 10.7. The topological polar surface area (TPSA) is 71.5 Å². The third-order valence-electron chi connectivity index (χ3n) is 6.24. The first-order valence-corrected chi connectivity index (χ1v) is 11.4. The molecule has 0 saturated carbocycles. The first kappa shape index (κ1) is 24.5. The average Bonchev–Trinajstić information content (AvgIpc) is 2.83. The van der Waals surface area contributed by atoms with Gasteiger partial charge in [-0.3, -0.25) is 14.6 Å². The number of hydrogen-bond acceptors (Lipinski definition) is 4. The Hall–Kier alpha value is -3.65. The highest BCUT2D eigenvalue weighted by atomic mass is 19.1. The molecule has 1 aliphatic rings. The van der Waals surface area contributed by atoms with Gasteiger partial charge < -0.3 is 15.0 Å². The monoisotopic (exact) mass is 479 g/mol. The standard InChI is InChI=1S/C27H27F2N3O3/c1-17-24(15-31-27(34)26(35-2)19-6-4-3-5-7-19)23-8-9-32(16-20(23)14-30-17)25(33)12-18-10-21(28)13-22(29)11-18/h3-7,10-11,13-14,26H,8-9,12,15-16H2,1-2H3,(H,31,34). The largest absolute Gasteiger partial charge is 0.367 e. The number of carbonyl (C=O) groups excluding carboxylic acids is 2. The highest BCUT2D eigenvalue weighted by molar-refractivity contribution is 5.82. The second-order valence-electron chi connectivity index (χ2n) is 8.59. The van der Waals surface area contributed by atoms with Crippen molar-refractivity contribution in [2.45, 2.75) is 39.0 Å². The first-order chi connectivity index (χ1) is 16.9. The lowest BCUT2D eigenvalue weighted by Gasteiger charge is -2.31. The molecule has 2 heterocycles. The van der Waals surface area contributed by atoms with Crippen LogP contribution in [0.4, 0.5) is 8.78 Å². The van der Waals surface area contributed by atoms with E-state index in [2.05, 4.69) is 10.3 Å². The van der Waals surface area contributed by atoms with E-state index in [0.29, 0.717) is 31.6 Å². The van der Waals surface area contributed by atoms with Crippen molar-refractivity contribution in [1.29, 1.82) is 0 Å². The molecule has 8 heteroatoms. The third-order valence-corrected chi connectivity index (χ3v) is 6.24. The summed E-state index contributed by atoms with van der Waals surface area (Å²) < 4.78 is 32.4. The normalized spacial score (nSPS) is 13.8. The summed E-state index contributed by atoms with van der Waals surface area (Å²) in [6.07, 6.45) is 1.55. The van der Waals surface area contributed by atoms with Gasteiger partial charge in [-0.05, 0) is 53.3 Å². The molecule has 2 amide bonds. The number of ether oxygens (including phenoxy) is 1. The fourth-order valence-electron chi connectivity index (χ4n) is 4.46. The van der Waals surface area contributed by atoms with Crippen LogP contribution in [-0.2, 0) is 40.3 Å². The smallest absolute Gasteiger partial charge is 0.254 e. The molecule has 0 aliphatic carbocycles. The molecule has 2 aromatic carbocycles. The van der Waals surface area contributed by atoms with Crippen LogP contribution in [0.3, 0.4) is 0 Å². The van der Waals surface area contributed by atoms with Gasteiger partial charge in [0.05, 0.1) is 6.42 Å². The molecule has 0 fully saturated rings. The van der Waals surface area contributed by atoms with Crippen LogP contribution in [0.15, 0.2) is 54.7 Å². The van der Waals surface area contributed by atoms with E-state index in [1.165, 1.54) is 19.2 Å². The Morgan fingerprint density at radius 2 is 1.86 bits per heavy atom. The van der Waals surface area contributed by atoms with Gasteiger partial charge in [0.15, 0.2) is 6.10 Å². The first-order valence-electron chi connectivity index (χ1n) is 11.4. The molecule has 0 spiro atoms. The minimum atomic E-state index is -0.718. The molecule has 35 heavy (non-hydrogen) atoms. The van der Waals surface area contributed by atoms with E-state index in [1.54, 1.807) is 11.1 Å². The molecule has 6 nitrogen and oxygen atoms in total. The maximum atomic E-state index is 13.5. The van der Waals surface area contributed by atoms with Crippen molar-refractivity contribution >= 4 is 11.8 Å². The van der Waals surface area contributed by atoms with Gasteiger partial charge in [0.1, 0.15) is 11.6 Å². The van der Waals surface area contributed by atoms with E-state index >= 15 is 0 Å². The summed E-state index contributed by atoms with van der Waals surface area (Å²) >= 11 is 0. The van der Waals surface area contributed by atoms with Gasteiger partial charge in [-0.25, -0.2) is 8.78 Å². The van der Waals surface area contributed by atoms with Gasteiger partial charge in [0, 0.05) is 44.7 Å². The number of rotatable bonds is 7. The lowest BCUT2D eigenvalue weighted by Crippen LogP contribution is -2.38. The Balaban J connectivity index is 1.45. The Morgan fingerprint density at radius 1 is 1.14 bits per heavy atom. The van der Waals surface area contributed by atoms with Crippen molar-refractivity contribution in [3.63, 3.8) is 0 Å². The number of benzene rings is 2. The highest BCUT2D eigenvalue weighted by Crippen LogP contribution is 2.25. The number of methoxy groups -OCH3 is 1. The molecular weight excluding hydrogens is 452 g/mol. The van der Waals surface area contributed by atoms with Gasteiger partial charge in [-0.15, -0.1) is 0 Å². The molecule has 1 atom stereocenters. The second-order valence-corrected chi connectivity index (χ2v) is 8.59. The number of pyridine rings is 1. The van der Waals surface area contributed by atoms with Crippen molar-refractivity contribution in [3.05, 3.63) is 99.9 Å². The van der Waals surface area contributed by atoms with E-state index in [0.717, 1.165) is 34.0 Å². The maximum Gasteiger partial charge on any atom is 0.254 e. The zero-order valence-corrected chi connectivity index (χ0v) is 19.7. The number of nitrogens with zero attached hydrogens (tertiary/aromatic N) is 2. The van der Waals surface area contributed by atoms with Crippen molar-refractivity contribution < 1.29 is 23.1 Å². The Labute approximate surface area is 202 Å². The van der Waals surface area contributed by atoms with Crippen LogP contribution in [-0.4, -0.2) is 35.4 Å². The lowest BCUT2D eigenvalue weighted by molar-refractivity contribution is -0.132. The minimum Gasteiger partial charge on any atom is -0.367 e. The molecule has 0 saturated heterocycles. The fraction of sp³-hybridized carbons (Fsp3) is 0.296. The summed E-state index contributed by atoms with van der Waals surface area (Å²) in [7, 11) is 1.50. The number of halogens is 2. The third kappa shape index (κ3) is 5.71. The van der Waals surface area contributed by atoms with E-state index in [4.69, 9.17) is 4.74 Å². The van der Waals surface area contributed by atoms with Gasteiger partial charge >= 0.3 is 0 Å². The number of fused-ring (bicyclic) bond motifs is 1. The molecule has 4 rings (SSSR count). The quantitative estimate of drug-likeness (QED) is 0.560. The van der Waals surface area contributed by atoms with Crippen LogP contribution in [0.2, 0.25) is 0 Å². The van der Waals surface area contributed by atoms with Crippen LogP contribution >= 0.6 is 0 Å². The van der Waals surface area contributed by atoms with Crippen molar-refractivity contribution in [3.8, 4) is 0 Å². The molecule has 1 aromatic heterocycles. The van der Waals surface area contributed by atoms with E-state index in [-0.39, 0.29) is 18.2 Å². The van der Waals surface area contributed by atoms with Crippen LogP contribution < -0.4 is 5.32 Å². The van der Waals surface area contributed by atoms with Crippen LogP contribution in [0, 0.1) is 18.6 Å². The van der Waals surface area contributed by atoms with Gasteiger partial charge in [-0.1, -0.05) is 30.3 Å². The summed E-state index contributed by atoms with van der Waals surface area (Å²) in [4.78, 5) is 31.8. The van der Waals surface area contributed by atoms with Crippen LogP contribution in [0.25, 0.3) is 0 Å². The molecule has 0 radical (unpaired) electrons. The van der Waals surface area contributed by atoms with Gasteiger partial charge in [0.25, 0.3) is 5.91 Å². The summed E-state index contributed by atoms with van der Waals surface area (Å²) in [6, 6.07) is 12.4.